The van der Waals surface area contributed by atoms with Crippen LogP contribution in [0.25, 0.3) is 0 Å². The molecule has 0 atom stereocenters. The molecular formula is C14H23N5O2S. The highest BCUT2D eigenvalue weighted by Crippen LogP contribution is 2.19. The van der Waals surface area contributed by atoms with Gasteiger partial charge in [0.25, 0.3) is 0 Å². The van der Waals surface area contributed by atoms with Crippen molar-refractivity contribution < 1.29 is 9.90 Å². The van der Waals surface area contributed by atoms with Gasteiger partial charge in [0.05, 0.1) is 18.5 Å². The first-order valence-electron chi connectivity index (χ1n) is 7.34. The third-order valence-electron chi connectivity index (χ3n) is 3.43. The predicted molar refractivity (Wildman–Crippen MR) is 87.9 cm³/mol. The Morgan fingerprint density at radius 2 is 2.09 bits per heavy atom. The molecule has 1 saturated heterocycles. The van der Waals surface area contributed by atoms with Crippen LogP contribution >= 0.6 is 11.3 Å². The van der Waals surface area contributed by atoms with Gasteiger partial charge < -0.3 is 14.9 Å². The van der Waals surface area contributed by atoms with E-state index in [2.05, 4.69) is 25.2 Å². The minimum atomic E-state index is -0.726. The van der Waals surface area contributed by atoms with Crippen LogP contribution in [0, 0.1) is 0 Å². The molecule has 7 nitrogen and oxygen atoms in total. The molecule has 0 saturated carbocycles. The number of aromatic nitrogens is 1. The molecule has 2 rings (SSSR count). The fraction of sp³-hybridized carbons (Fsp3) is 0.643. The maximum atomic E-state index is 10.6. The quantitative estimate of drug-likeness (QED) is 0.595. The molecule has 8 heteroatoms. The Kier molecular flexibility index (Phi) is 6.29. The molecule has 122 valence electrons. The van der Waals surface area contributed by atoms with Crippen molar-refractivity contribution in [3.63, 3.8) is 0 Å². The zero-order valence-electron chi connectivity index (χ0n) is 13.1. The van der Waals surface area contributed by atoms with E-state index in [0.717, 1.165) is 43.5 Å². The van der Waals surface area contributed by atoms with Gasteiger partial charge >= 0.3 is 5.97 Å². The second-order valence-corrected chi connectivity index (χ2v) is 6.43. The summed E-state index contributed by atoms with van der Waals surface area (Å²) in [7, 11) is 3.86. The number of piperazine rings is 1. The molecule has 0 radical (unpaired) electrons. The molecular weight excluding hydrogens is 302 g/mol. The maximum absolute atomic E-state index is 10.6. The van der Waals surface area contributed by atoms with Gasteiger partial charge in [0, 0.05) is 58.7 Å². The van der Waals surface area contributed by atoms with Gasteiger partial charge in [0.1, 0.15) is 0 Å². The zero-order valence-corrected chi connectivity index (χ0v) is 13.9. The molecule has 1 aliphatic rings. The molecule has 1 N–H and O–H groups in total. The van der Waals surface area contributed by atoms with Gasteiger partial charge in [-0.2, -0.15) is 0 Å². The van der Waals surface area contributed by atoms with E-state index in [1.807, 2.05) is 19.0 Å². The summed E-state index contributed by atoms with van der Waals surface area (Å²) in [6, 6.07) is 0. The number of hydrogen-bond donors (Lipinski definition) is 1. The number of thiazole rings is 1. The third-order valence-corrected chi connectivity index (χ3v) is 4.23. The topological polar surface area (TPSA) is 72.3 Å². The van der Waals surface area contributed by atoms with Crippen LogP contribution in [-0.4, -0.2) is 83.9 Å². The predicted octanol–water partition coefficient (Wildman–Crippen LogP) is 0.957. The number of rotatable bonds is 7. The first-order valence-corrected chi connectivity index (χ1v) is 8.22. The van der Waals surface area contributed by atoms with Crippen LogP contribution in [0.2, 0.25) is 0 Å². The lowest BCUT2D eigenvalue weighted by Gasteiger charge is -2.33. The Bertz CT molecular complexity index is 509. The molecule has 0 spiro atoms. The van der Waals surface area contributed by atoms with E-state index >= 15 is 0 Å². The van der Waals surface area contributed by atoms with Crippen molar-refractivity contribution in [3.8, 4) is 0 Å². The summed E-state index contributed by atoms with van der Waals surface area (Å²) in [5.74, 6) is -0.726. The maximum Gasteiger partial charge on any atom is 0.304 e. The Balaban J connectivity index is 1.75. The number of hydrogen-bond acceptors (Lipinski definition) is 6. The van der Waals surface area contributed by atoms with Gasteiger partial charge in [0.15, 0.2) is 0 Å². The Morgan fingerprint density at radius 3 is 2.73 bits per heavy atom. The Morgan fingerprint density at radius 1 is 1.41 bits per heavy atom. The van der Waals surface area contributed by atoms with Crippen LogP contribution in [0.3, 0.4) is 0 Å². The van der Waals surface area contributed by atoms with Crippen molar-refractivity contribution in [2.24, 2.45) is 4.99 Å². The molecule has 1 fully saturated rings. The standard InChI is InChI=1S/C14H23N5O2S/c1-17(2)11-15-14-16-12(10-22-14)9-19-7-5-18(6-8-19)4-3-13(20)21/h10-11H,3-9H2,1-2H3,(H,20,21). The molecule has 22 heavy (non-hydrogen) atoms. The summed E-state index contributed by atoms with van der Waals surface area (Å²) < 4.78 is 0. The van der Waals surface area contributed by atoms with E-state index in [-0.39, 0.29) is 6.42 Å². The van der Waals surface area contributed by atoms with Crippen LogP contribution < -0.4 is 0 Å². The Hall–Kier alpha value is -1.51. The molecule has 0 bridgehead atoms. The van der Waals surface area contributed by atoms with Crippen molar-refractivity contribution in [1.82, 2.24) is 19.7 Å². The van der Waals surface area contributed by atoms with Crippen molar-refractivity contribution in [2.45, 2.75) is 13.0 Å². The highest BCUT2D eigenvalue weighted by atomic mass is 32.1. The number of carboxylic acid groups (broad SMARTS) is 1. The molecule has 0 aliphatic carbocycles. The second kappa shape index (κ2) is 8.21. The first kappa shape index (κ1) is 16.9. The molecule has 1 aromatic rings. The lowest BCUT2D eigenvalue weighted by atomic mass is 10.2. The molecule has 2 heterocycles. The fourth-order valence-corrected chi connectivity index (χ4v) is 2.89. The van der Waals surface area contributed by atoms with Crippen LogP contribution in [-0.2, 0) is 11.3 Å². The minimum absolute atomic E-state index is 0.222. The smallest absolute Gasteiger partial charge is 0.304 e. The second-order valence-electron chi connectivity index (χ2n) is 5.59. The van der Waals surface area contributed by atoms with E-state index in [4.69, 9.17) is 5.11 Å². The number of carboxylic acids is 1. The largest absolute Gasteiger partial charge is 0.481 e. The summed E-state index contributed by atoms with van der Waals surface area (Å²) in [6.45, 7) is 5.22. The van der Waals surface area contributed by atoms with Gasteiger partial charge in [-0.1, -0.05) is 0 Å². The summed E-state index contributed by atoms with van der Waals surface area (Å²) in [6.07, 6.45) is 1.98. The number of carbonyl (C=O) groups is 1. The SMILES string of the molecule is CN(C)C=Nc1nc(CN2CCN(CCC(=O)O)CC2)cs1. The summed E-state index contributed by atoms with van der Waals surface area (Å²) in [5.41, 5.74) is 1.05. The lowest BCUT2D eigenvalue weighted by Crippen LogP contribution is -2.46. The van der Waals surface area contributed by atoms with Gasteiger partial charge in [-0.15, -0.1) is 11.3 Å². The fourth-order valence-electron chi connectivity index (χ4n) is 2.25. The third kappa shape index (κ3) is 5.70. The molecule has 0 aromatic carbocycles. The zero-order chi connectivity index (χ0) is 15.9. The van der Waals surface area contributed by atoms with Crippen molar-refractivity contribution in [2.75, 3.05) is 46.8 Å². The van der Waals surface area contributed by atoms with E-state index in [9.17, 15) is 4.79 Å². The van der Waals surface area contributed by atoms with Gasteiger partial charge in [-0.25, -0.2) is 9.98 Å². The van der Waals surface area contributed by atoms with Crippen molar-refractivity contribution >= 4 is 28.8 Å². The molecule has 1 aliphatic heterocycles. The van der Waals surface area contributed by atoms with Crippen LogP contribution in [0.1, 0.15) is 12.1 Å². The van der Waals surface area contributed by atoms with E-state index in [0.29, 0.717) is 6.54 Å². The summed E-state index contributed by atoms with van der Waals surface area (Å²) in [4.78, 5) is 25.8. The van der Waals surface area contributed by atoms with E-state index < -0.39 is 5.97 Å². The summed E-state index contributed by atoms with van der Waals surface area (Å²) in [5, 5.41) is 11.5. The van der Waals surface area contributed by atoms with Crippen LogP contribution in [0.15, 0.2) is 10.4 Å². The average molecular weight is 325 g/mol. The van der Waals surface area contributed by atoms with E-state index in [1.165, 1.54) is 0 Å². The van der Waals surface area contributed by atoms with Crippen molar-refractivity contribution in [1.29, 1.82) is 0 Å². The highest BCUT2D eigenvalue weighted by Gasteiger charge is 2.18. The van der Waals surface area contributed by atoms with Gasteiger partial charge in [-0.3, -0.25) is 9.69 Å². The van der Waals surface area contributed by atoms with Crippen molar-refractivity contribution in [3.05, 3.63) is 11.1 Å². The van der Waals surface area contributed by atoms with Crippen LogP contribution in [0.5, 0.6) is 0 Å². The summed E-state index contributed by atoms with van der Waals surface area (Å²) >= 11 is 1.55. The Labute approximate surface area is 134 Å². The molecule has 0 unspecified atom stereocenters. The minimum Gasteiger partial charge on any atom is -0.481 e. The van der Waals surface area contributed by atoms with Gasteiger partial charge in [0.2, 0.25) is 5.13 Å². The van der Waals surface area contributed by atoms with E-state index in [1.54, 1.807) is 17.7 Å². The van der Waals surface area contributed by atoms with Crippen LogP contribution in [0.4, 0.5) is 5.13 Å². The molecule has 0 amide bonds. The highest BCUT2D eigenvalue weighted by molar-refractivity contribution is 7.13. The first-order chi connectivity index (χ1) is 10.5. The lowest BCUT2D eigenvalue weighted by molar-refractivity contribution is -0.137. The average Bonchev–Trinajstić information content (AvgIpc) is 2.92. The monoisotopic (exact) mass is 325 g/mol. The normalized spacial score (nSPS) is 17.2. The number of nitrogens with zero attached hydrogens (tertiary/aromatic N) is 5. The molecule has 1 aromatic heterocycles. The number of aliphatic carboxylic acids is 1. The number of aliphatic imine (C=N–C) groups is 1. The van der Waals surface area contributed by atoms with Gasteiger partial charge in [-0.05, 0) is 0 Å².